The van der Waals surface area contributed by atoms with Crippen LogP contribution in [0.3, 0.4) is 0 Å². The second-order valence-electron chi connectivity index (χ2n) is 6.61. The highest BCUT2D eigenvalue weighted by atomic mass is 16.6. The van der Waals surface area contributed by atoms with Crippen LogP contribution in [0.4, 0.5) is 11.4 Å². The Balaban J connectivity index is 1.68. The highest BCUT2D eigenvalue weighted by molar-refractivity contribution is 6.05. The summed E-state index contributed by atoms with van der Waals surface area (Å²) >= 11 is 0. The van der Waals surface area contributed by atoms with Crippen LogP contribution in [0.2, 0.25) is 0 Å². The minimum absolute atomic E-state index is 0.116. The van der Waals surface area contributed by atoms with Crippen molar-refractivity contribution < 1.29 is 18.9 Å². The number of nitrogens with zero attached hydrogens (tertiary/aromatic N) is 2. The Morgan fingerprint density at radius 2 is 1.93 bits per heavy atom. The molecule has 0 radical (unpaired) electrons. The van der Waals surface area contributed by atoms with E-state index in [1.54, 1.807) is 31.2 Å². The summed E-state index contributed by atoms with van der Waals surface area (Å²) in [6, 6.07) is 16.9. The van der Waals surface area contributed by atoms with Gasteiger partial charge in [0.2, 0.25) is 5.89 Å². The van der Waals surface area contributed by atoms with Crippen molar-refractivity contribution in [1.82, 2.24) is 4.98 Å². The third-order valence-corrected chi connectivity index (χ3v) is 4.66. The SMILES string of the molecule is COc1ccc(-c2nc3ccccc3o2)cc1NC(=O)c1ccc(C)c([N+](=O)[O-])c1. The Bertz CT molecular complexity index is 1250. The van der Waals surface area contributed by atoms with Gasteiger partial charge in [-0.1, -0.05) is 18.2 Å². The van der Waals surface area contributed by atoms with E-state index in [4.69, 9.17) is 9.15 Å². The van der Waals surface area contributed by atoms with E-state index in [2.05, 4.69) is 10.3 Å². The molecule has 0 saturated heterocycles. The molecule has 0 bridgehead atoms. The number of benzene rings is 3. The second-order valence-corrected chi connectivity index (χ2v) is 6.61. The number of aromatic nitrogens is 1. The van der Waals surface area contributed by atoms with Crippen LogP contribution in [0.1, 0.15) is 15.9 Å². The minimum Gasteiger partial charge on any atom is -0.495 e. The first-order valence-electron chi connectivity index (χ1n) is 9.06. The molecule has 0 fully saturated rings. The van der Waals surface area contributed by atoms with E-state index in [1.807, 2.05) is 24.3 Å². The Labute approximate surface area is 171 Å². The number of nitrogens with one attached hydrogen (secondary N) is 1. The van der Waals surface area contributed by atoms with Gasteiger partial charge in [0.05, 0.1) is 17.7 Å². The van der Waals surface area contributed by atoms with Crippen LogP contribution in [-0.4, -0.2) is 22.9 Å². The highest BCUT2D eigenvalue weighted by Gasteiger charge is 2.17. The largest absolute Gasteiger partial charge is 0.495 e. The number of nitro benzene ring substituents is 1. The zero-order valence-electron chi connectivity index (χ0n) is 16.2. The fourth-order valence-electron chi connectivity index (χ4n) is 3.08. The summed E-state index contributed by atoms with van der Waals surface area (Å²) < 4.78 is 11.1. The van der Waals surface area contributed by atoms with Crippen molar-refractivity contribution in [3.8, 4) is 17.2 Å². The number of hydrogen-bond acceptors (Lipinski definition) is 6. The van der Waals surface area contributed by atoms with E-state index >= 15 is 0 Å². The molecule has 0 saturated carbocycles. The van der Waals surface area contributed by atoms with Crippen LogP contribution in [0.25, 0.3) is 22.6 Å². The number of methoxy groups -OCH3 is 1. The number of carbonyl (C=O) groups is 1. The first-order chi connectivity index (χ1) is 14.5. The van der Waals surface area contributed by atoms with E-state index in [0.29, 0.717) is 34.0 Å². The van der Waals surface area contributed by atoms with E-state index < -0.39 is 10.8 Å². The third kappa shape index (κ3) is 3.58. The van der Waals surface area contributed by atoms with E-state index in [1.165, 1.54) is 19.2 Å². The molecule has 8 nitrogen and oxygen atoms in total. The molecule has 0 spiro atoms. The van der Waals surface area contributed by atoms with Crippen LogP contribution >= 0.6 is 0 Å². The van der Waals surface area contributed by atoms with Crippen LogP contribution in [-0.2, 0) is 0 Å². The van der Waals surface area contributed by atoms with Crippen LogP contribution in [0.15, 0.2) is 65.1 Å². The van der Waals surface area contributed by atoms with E-state index in [-0.39, 0.29) is 11.3 Å². The average molecular weight is 403 g/mol. The summed E-state index contributed by atoms with van der Waals surface area (Å²) in [5, 5.41) is 13.9. The zero-order chi connectivity index (χ0) is 21.3. The second kappa shape index (κ2) is 7.67. The molecular weight excluding hydrogens is 386 g/mol. The number of nitro groups is 1. The van der Waals surface area contributed by atoms with Crippen molar-refractivity contribution in [3.05, 3.63) is 81.9 Å². The number of para-hydroxylation sites is 2. The number of ether oxygens (including phenoxy) is 1. The van der Waals surface area contributed by atoms with Crippen molar-refractivity contribution in [1.29, 1.82) is 0 Å². The van der Waals surface area contributed by atoms with Crippen molar-refractivity contribution in [3.63, 3.8) is 0 Å². The molecule has 1 aromatic heterocycles. The quantitative estimate of drug-likeness (QED) is 0.372. The van der Waals surface area contributed by atoms with Gasteiger partial charge in [-0.2, -0.15) is 0 Å². The fourth-order valence-corrected chi connectivity index (χ4v) is 3.08. The van der Waals surface area contributed by atoms with Gasteiger partial charge in [-0.15, -0.1) is 0 Å². The number of hydrogen-bond donors (Lipinski definition) is 1. The lowest BCUT2D eigenvalue weighted by Gasteiger charge is -2.11. The van der Waals surface area contributed by atoms with Gasteiger partial charge in [0.15, 0.2) is 5.58 Å². The summed E-state index contributed by atoms with van der Waals surface area (Å²) in [7, 11) is 1.49. The summed E-state index contributed by atoms with van der Waals surface area (Å²) in [4.78, 5) is 27.8. The summed E-state index contributed by atoms with van der Waals surface area (Å²) in [5.41, 5.74) is 2.95. The number of fused-ring (bicyclic) bond motifs is 1. The van der Waals surface area contributed by atoms with Crippen molar-refractivity contribution >= 4 is 28.4 Å². The molecule has 1 N–H and O–H groups in total. The van der Waals surface area contributed by atoms with Gasteiger partial charge in [0, 0.05) is 22.8 Å². The molecule has 0 aliphatic heterocycles. The average Bonchev–Trinajstić information content (AvgIpc) is 3.18. The van der Waals surface area contributed by atoms with Crippen molar-refractivity contribution in [2.24, 2.45) is 0 Å². The number of anilines is 1. The molecule has 4 aromatic rings. The highest BCUT2D eigenvalue weighted by Crippen LogP contribution is 2.32. The maximum atomic E-state index is 12.7. The molecule has 1 amide bonds. The third-order valence-electron chi connectivity index (χ3n) is 4.66. The van der Waals surface area contributed by atoms with Gasteiger partial charge in [-0.3, -0.25) is 14.9 Å². The summed E-state index contributed by atoms with van der Waals surface area (Å²) in [6.45, 7) is 1.62. The lowest BCUT2D eigenvalue weighted by molar-refractivity contribution is -0.385. The molecule has 1 heterocycles. The first-order valence-corrected chi connectivity index (χ1v) is 9.06. The Hall–Kier alpha value is -4.20. The standard InChI is InChI=1S/C22H17N3O5/c1-13-7-8-14(12-18(13)25(27)28)21(26)23-17-11-15(9-10-19(17)29-2)22-24-16-5-3-4-6-20(16)30-22/h3-12H,1-2H3,(H,23,26). The lowest BCUT2D eigenvalue weighted by Crippen LogP contribution is -2.13. The molecule has 0 aliphatic rings. The van der Waals surface area contributed by atoms with Gasteiger partial charge < -0.3 is 14.5 Å². The van der Waals surface area contributed by atoms with Crippen molar-refractivity contribution in [2.45, 2.75) is 6.92 Å². The van der Waals surface area contributed by atoms with E-state index in [0.717, 1.165) is 5.52 Å². The Morgan fingerprint density at radius 3 is 2.67 bits per heavy atom. The molecule has 0 unspecified atom stereocenters. The van der Waals surface area contributed by atoms with Gasteiger partial charge in [0.1, 0.15) is 11.3 Å². The predicted octanol–water partition coefficient (Wildman–Crippen LogP) is 4.97. The van der Waals surface area contributed by atoms with Crippen LogP contribution in [0, 0.1) is 17.0 Å². The summed E-state index contributed by atoms with van der Waals surface area (Å²) in [5.74, 6) is 0.344. The van der Waals surface area contributed by atoms with Gasteiger partial charge in [-0.05, 0) is 43.3 Å². The maximum absolute atomic E-state index is 12.7. The number of amides is 1. The number of rotatable bonds is 5. The number of carbonyl (C=O) groups excluding carboxylic acids is 1. The molecule has 150 valence electrons. The molecule has 3 aromatic carbocycles. The zero-order valence-corrected chi connectivity index (χ0v) is 16.2. The monoisotopic (exact) mass is 403 g/mol. The van der Waals surface area contributed by atoms with Crippen LogP contribution in [0.5, 0.6) is 5.75 Å². The van der Waals surface area contributed by atoms with Gasteiger partial charge >= 0.3 is 0 Å². The molecule has 30 heavy (non-hydrogen) atoms. The number of oxazole rings is 1. The Morgan fingerprint density at radius 1 is 1.13 bits per heavy atom. The minimum atomic E-state index is -0.513. The topological polar surface area (TPSA) is 108 Å². The van der Waals surface area contributed by atoms with Crippen LogP contribution < -0.4 is 10.1 Å². The number of aryl methyl sites for hydroxylation is 1. The Kier molecular flexibility index (Phi) is 4.89. The first kappa shape index (κ1) is 19.1. The molecule has 0 atom stereocenters. The van der Waals surface area contributed by atoms with Crippen molar-refractivity contribution in [2.75, 3.05) is 12.4 Å². The molecule has 8 heteroatoms. The predicted molar refractivity (Wildman–Crippen MR) is 112 cm³/mol. The van der Waals surface area contributed by atoms with Gasteiger partial charge in [-0.25, -0.2) is 4.98 Å². The molecule has 4 rings (SSSR count). The van der Waals surface area contributed by atoms with Gasteiger partial charge in [0.25, 0.3) is 11.6 Å². The fraction of sp³-hybridized carbons (Fsp3) is 0.0909. The smallest absolute Gasteiger partial charge is 0.273 e. The summed E-state index contributed by atoms with van der Waals surface area (Å²) in [6.07, 6.45) is 0. The van der Waals surface area contributed by atoms with E-state index in [9.17, 15) is 14.9 Å². The maximum Gasteiger partial charge on any atom is 0.273 e. The molecular formula is C22H17N3O5. The molecule has 0 aliphatic carbocycles. The normalized spacial score (nSPS) is 10.7. The lowest BCUT2D eigenvalue weighted by atomic mass is 10.1.